The summed E-state index contributed by atoms with van der Waals surface area (Å²) in [6.45, 7) is 0.319. The van der Waals surface area contributed by atoms with Gasteiger partial charge in [0.25, 0.3) is 0 Å². The number of ether oxygens (including phenoxy) is 2. The predicted molar refractivity (Wildman–Crippen MR) is 131 cm³/mol. The van der Waals surface area contributed by atoms with Gasteiger partial charge in [-0.3, -0.25) is 4.79 Å². The fourth-order valence-corrected chi connectivity index (χ4v) is 4.55. The molecule has 3 aromatic carbocycles. The van der Waals surface area contributed by atoms with Gasteiger partial charge in [0.15, 0.2) is 0 Å². The molecule has 0 radical (unpaired) electrons. The van der Waals surface area contributed by atoms with Crippen molar-refractivity contribution in [3.63, 3.8) is 0 Å². The minimum Gasteiger partial charge on any atom is -0.469 e. The highest BCUT2D eigenvalue weighted by molar-refractivity contribution is 5.79. The van der Waals surface area contributed by atoms with Gasteiger partial charge in [-0.15, -0.1) is 0 Å². The van der Waals surface area contributed by atoms with E-state index in [1.165, 1.54) is 7.11 Å². The van der Waals surface area contributed by atoms with E-state index in [1.54, 1.807) is 24.3 Å². The van der Waals surface area contributed by atoms with Crippen molar-refractivity contribution in [2.75, 3.05) is 20.3 Å². The molecule has 7 heteroatoms. The summed E-state index contributed by atoms with van der Waals surface area (Å²) in [4.78, 5) is 24.0. The summed E-state index contributed by atoms with van der Waals surface area (Å²) in [7, 11) is 1.30. The lowest BCUT2D eigenvalue weighted by Gasteiger charge is -2.21. The van der Waals surface area contributed by atoms with Crippen molar-refractivity contribution in [1.29, 1.82) is 0 Å². The summed E-state index contributed by atoms with van der Waals surface area (Å²) < 4.78 is 10.2. The number of hydrogen-bond donors (Lipinski definition) is 3. The first-order chi connectivity index (χ1) is 17.0. The van der Waals surface area contributed by atoms with Crippen LogP contribution in [0.25, 0.3) is 11.1 Å². The lowest BCUT2D eigenvalue weighted by Crippen LogP contribution is -2.31. The van der Waals surface area contributed by atoms with Crippen LogP contribution < -0.4 is 5.32 Å². The molecule has 7 nitrogen and oxygen atoms in total. The van der Waals surface area contributed by atoms with Gasteiger partial charge in [0.2, 0.25) is 0 Å². The van der Waals surface area contributed by atoms with Crippen LogP contribution in [0.15, 0.2) is 72.8 Å². The van der Waals surface area contributed by atoms with E-state index in [-0.39, 0.29) is 31.9 Å². The molecule has 1 aliphatic rings. The fraction of sp³-hybridized carbons (Fsp3) is 0.286. The third kappa shape index (κ3) is 5.53. The van der Waals surface area contributed by atoms with Gasteiger partial charge >= 0.3 is 12.1 Å². The van der Waals surface area contributed by atoms with E-state index in [4.69, 9.17) is 9.47 Å². The van der Waals surface area contributed by atoms with Crippen molar-refractivity contribution in [1.82, 2.24) is 5.32 Å². The van der Waals surface area contributed by atoms with Crippen molar-refractivity contribution in [2.45, 2.75) is 31.0 Å². The Morgan fingerprint density at radius 2 is 1.51 bits per heavy atom. The zero-order valence-electron chi connectivity index (χ0n) is 19.5. The van der Waals surface area contributed by atoms with E-state index < -0.39 is 24.3 Å². The molecule has 0 saturated carbocycles. The summed E-state index contributed by atoms with van der Waals surface area (Å²) in [6.07, 6.45) is -2.82. The number of aliphatic hydroxyl groups excluding tert-OH is 2. The minimum absolute atomic E-state index is 0.00550. The molecule has 1 aliphatic carbocycles. The molecule has 0 aliphatic heterocycles. The molecule has 0 aromatic heterocycles. The van der Waals surface area contributed by atoms with Gasteiger partial charge in [0.1, 0.15) is 12.7 Å². The Kier molecular flexibility index (Phi) is 7.80. The van der Waals surface area contributed by atoms with Crippen LogP contribution in [0.3, 0.4) is 0 Å². The van der Waals surface area contributed by atoms with E-state index in [9.17, 15) is 19.8 Å². The maximum atomic E-state index is 12.3. The number of nitrogens with one attached hydrogen (secondary N) is 1. The molecule has 1 amide bonds. The molecule has 4 rings (SSSR count). The van der Waals surface area contributed by atoms with E-state index >= 15 is 0 Å². The molecule has 3 N–H and O–H groups in total. The highest BCUT2D eigenvalue weighted by Gasteiger charge is 2.29. The number of carbonyl (C=O) groups is 2. The maximum Gasteiger partial charge on any atom is 0.407 e. The number of benzene rings is 3. The number of alkyl carbamates (subject to hydrolysis) is 1. The molecule has 0 fully saturated rings. The smallest absolute Gasteiger partial charge is 0.407 e. The van der Waals surface area contributed by atoms with E-state index in [2.05, 4.69) is 29.6 Å². The van der Waals surface area contributed by atoms with Crippen molar-refractivity contribution >= 4 is 12.1 Å². The molecule has 2 unspecified atom stereocenters. The van der Waals surface area contributed by atoms with Gasteiger partial charge in [-0.05, 0) is 39.8 Å². The number of carbonyl (C=O) groups excluding carboxylic acids is 2. The first-order valence-electron chi connectivity index (χ1n) is 11.6. The highest BCUT2D eigenvalue weighted by Crippen LogP contribution is 2.44. The lowest BCUT2D eigenvalue weighted by atomic mass is 9.95. The van der Waals surface area contributed by atoms with Crippen LogP contribution in [-0.4, -0.2) is 48.6 Å². The largest absolute Gasteiger partial charge is 0.469 e. The highest BCUT2D eigenvalue weighted by atomic mass is 16.5. The third-order valence-corrected chi connectivity index (χ3v) is 6.35. The van der Waals surface area contributed by atoms with Crippen LogP contribution in [0.1, 0.15) is 40.7 Å². The zero-order chi connectivity index (χ0) is 24.8. The number of hydrogen-bond acceptors (Lipinski definition) is 6. The zero-order valence-corrected chi connectivity index (χ0v) is 19.5. The standard InChI is InChI=1S/C28H29NO6/c1-34-26(31)16-18-8-2-3-9-19(18)27(32)25(30)14-15-29-28(33)35-17-24-22-12-6-4-10-20(22)21-11-5-7-13-23(21)24/h2-13,24-25,27,30,32H,14-17H2,1H3,(H,29,33). The number of fused-ring (bicyclic) bond motifs is 3. The summed E-state index contributed by atoms with van der Waals surface area (Å²) in [5.74, 6) is -0.470. The monoisotopic (exact) mass is 475 g/mol. The Bertz CT molecular complexity index is 1150. The van der Waals surface area contributed by atoms with Crippen LogP contribution >= 0.6 is 0 Å². The topological polar surface area (TPSA) is 105 Å². The molecule has 2 atom stereocenters. The lowest BCUT2D eigenvalue weighted by molar-refractivity contribution is -0.139. The second-order valence-corrected chi connectivity index (χ2v) is 8.50. The van der Waals surface area contributed by atoms with Crippen molar-refractivity contribution < 1.29 is 29.3 Å². The van der Waals surface area contributed by atoms with Crippen molar-refractivity contribution in [3.8, 4) is 11.1 Å². The molecule has 0 spiro atoms. The second kappa shape index (κ2) is 11.2. The Hall–Kier alpha value is -3.68. The summed E-state index contributed by atoms with van der Waals surface area (Å²) in [6, 6.07) is 23.0. The van der Waals surface area contributed by atoms with Gasteiger partial charge in [0, 0.05) is 12.5 Å². The Morgan fingerprint density at radius 3 is 2.17 bits per heavy atom. The number of esters is 1. The Labute approximate surface area is 204 Å². The first-order valence-corrected chi connectivity index (χ1v) is 11.6. The quantitative estimate of drug-likeness (QED) is 0.408. The molecule has 35 heavy (non-hydrogen) atoms. The van der Waals surface area contributed by atoms with E-state index in [0.29, 0.717) is 11.1 Å². The summed E-state index contributed by atoms with van der Waals surface area (Å²) in [5, 5.41) is 23.7. The van der Waals surface area contributed by atoms with Crippen molar-refractivity contribution in [2.24, 2.45) is 0 Å². The van der Waals surface area contributed by atoms with Crippen LogP contribution in [0.4, 0.5) is 4.79 Å². The average Bonchev–Trinajstić information content (AvgIpc) is 3.21. The van der Waals surface area contributed by atoms with Gasteiger partial charge in [-0.2, -0.15) is 0 Å². The van der Waals surface area contributed by atoms with Gasteiger partial charge < -0.3 is 25.0 Å². The van der Waals surface area contributed by atoms with Crippen LogP contribution in [-0.2, 0) is 20.7 Å². The SMILES string of the molecule is COC(=O)Cc1ccccc1C(O)C(O)CCNC(=O)OCC1c2ccccc2-c2ccccc21. The van der Waals surface area contributed by atoms with Crippen LogP contribution in [0.2, 0.25) is 0 Å². The normalized spacial score (nSPS) is 13.9. The summed E-state index contributed by atoms with van der Waals surface area (Å²) in [5.41, 5.74) is 5.60. The molecule has 3 aromatic rings. The van der Waals surface area contributed by atoms with Crippen LogP contribution in [0.5, 0.6) is 0 Å². The second-order valence-electron chi connectivity index (χ2n) is 8.50. The number of aliphatic hydroxyl groups is 2. The predicted octanol–water partition coefficient (Wildman–Crippen LogP) is 3.73. The maximum absolute atomic E-state index is 12.3. The minimum atomic E-state index is -1.21. The molecule has 0 saturated heterocycles. The van der Waals surface area contributed by atoms with Gasteiger partial charge in [-0.1, -0.05) is 72.8 Å². The van der Waals surface area contributed by atoms with Gasteiger partial charge in [-0.25, -0.2) is 4.79 Å². The van der Waals surface area contributed by atoms with Crippen LogP contribution in [0, 0.1) is 0 Å². The van der Waals surface area contributed by atoms with E-state index in [0.717, 1.165) is 22.3 Å². The Morgan fingerprint density at radius 1 is 0.914 bits per heavy atom. The Balaban J connectivity index is 1.29. The first kappa shape index (κ1) is 24.4. The average molecular weight is 476 g/mol. The van der Waals surface area contributed by atoms with Gasteiger partial charge in [0.05, 0.1) is 19.6 Å². The van der Waals surface area contributed by atoms with Crippen molar-refractivity contribution in [3.05, 3.63) is 95.1 Å². The number of amides is 1. The summed E-state index contributed by atoms with van der Waals surface area (Å²) >= 11 is 0. The molecular weight excluding hydrogens is 446 g/mol. The molecule has 0 heterocycles. The molecule has 182 valence electrons. The molecular formula is C28H29NO6. The van der Waals surface area contributed by atoms with E-state index in [1.807, 2.05) is 24.3 Å². The number of rotatable bonds is 9. The third-order valence-electron chi connectivity index (χ3n) is 6.35. The fourth-order valence-electron chi connectivity index (χ4n) is 4.55. The number of methoxy groups -OCH3 is 1. The molecule has 0 bridgehead atoms.